The second kappa shape index (κ2) is 18.7. The van der Waals surface area contributed by atoms with E-state index in [2.05, 4.69) is 38.7 Å². The maximum atomic E-state index is 15.9. The van der Waals surface area contributed by atoms with Crippen LogP contribution < -0.4 is 0 Å². The molecule has 0 bridgehead atoms. The number of likely N-dealkylation sites (tertiary alicyclic amines) is 2. The van der Waals surface area contributed by atoms with Gasteiger partial charge in [-0.05, 0) is 79.0 Å². The van der Waals surface area contributed by atoms with Gasteiger partial charge < -0.3 is 19.8 Å². The summed E-state index contributed by atoms with van der Waals surface area (Å²) in [6, 6.07) is 29.5. The smallest absolute Gasteiger partial charge is 0.267 e. The van der Waals surface area contributed by atoms with Gasteiger partial charge in [0.05, 0.1) is 42.4 Å². The van der Waals surface area contributed by atoms with Crippen molar-refractivity contribution in [2.75, 3.05) is 39.3 Å². The van der Waals surface area contributed by atoms with E-state index < -0.39 is 42.8 Å². The van der Waals surface area contributed by atoms with E-state index in [0.29, 0.717) is 53.8 Å². The molecule has 0 aliphatic carbocycles. The Balaban J connectivity index is 0.971. The van der Waals surface area contributed by atoms with Gasteiger partial charge in [-0.15, -0.1) is 0 Å². The third-order valence-electron chi connectivity index (χ3n) is 12.8. The molecule has 0 radical (unpaired) electrons. The van der Waals surface area contributed by atoms with Crippen LogP contribution in [0.25, 0.3) is 33.6 Å². The first-order chi connectivity index (χ1) is 30.5. The van der Waals surface area contributed by atoms with Gasteiger partial charge in [0, 0.05) is 18.5 Å². The Bertz CT molecular complexity index is 2480. The van der Waals surface area contributed by atoms with Crippen molar-refractivity contribution in [3.63, 3.8) is 0 Å². The Morgan fingerprint density at radius 2 is 1.19 bits per heavy atom. The maximum Gasteiger partial charge on any atom is 0.267 e. The summed E-state index contributed by atoms with van der Waals surface area (Å²) in [4.78, 5) is 51.6. The van der Waals surface area contributed by atoms with Crippen LogP contribution in [0.15, 0.2) is 116 Å². The van der Waals surface area contributed by atoms with Crippen molar-refractivity contribution < 1.29 is 22.8 Å². The lowest BCUT2D eigenvalue weighted by Crippen LogP contribution is -2.43. The van der Waals surface area contributed by atoms with E-state index in [-0.39, 0.29) is 17.9 Å². The molecule has 2 fully saturated rings. The minimum Gasteiger partial charge on any atom is -0.340 e. The molecule has 2 N–H and O–H groups in total. The number of benzene rings is 4. The van der Waals surface area contributed by atoms with Crippen molar-refractivity contribution in [1.29, 1.82) is 0 Å². The van der Waals surface area contributed by atoms with Crippen molar-refractivity contribution in [3.8, 4) is 33.6 Å². The van der Waals surface area contributed by atoms with Gasteiger partial charge in [0.2, 0.25) is 11.8 Å². The van der Waals surface area contributed by atoms with E-state index in [1.807, 2.05) is 115 Å². The fourth-order valence-corrected chi connectivity index (χ4v) is 9.44. The zero-order chi connectivity index (χ0) is 44.3. The lowest BCUT2D eigenvalue weighted by Gasteiger charge is -2.34. The molecule has 4 aromatic carbocycles. The Labute approximate surface area is 367 Å². The third kappa shape index (κ3) is 8.94. The van der Waals surface area contributed by atoms with Gasteiger partial charge in [0.15, 0.2) is 0 Å². The summed E-state index contributed by atoms with van der Waals surface area (Å²) in [5, 5.41) is 0. The van der Waals surface area contributed by atoms with Crippen LogP contribution in [0, 0.1) is 5.82 Å². The molecule has 0 saturated carbocycles. The molecule has 6 aromatic rings. The van der Waals surface area contributed by atoms with E-state index in [0.717, 1.165) is 48.2 Å². The molecule has 328 valence electrons. The number of aromatic nitrogens is 4. The number of hydrogen-bond acceptors (Lipinski definition) is 6. The van der Waals surface area contributed by atoms with E-state index in [1.165, 1.54) is 11.0 Å². The average Bonchev–Trinajstić information content (AvgIpc) is 4.14. The van der Waals surface area contributed by atoms with Crippen LogP contribution in [0.2, 0.25) is 0 Å². The predicted molar refractivity (Wildman–Crippen MR) is 239 cm³/mol. The van der Waals surface area contributed by atoms with Crippen molar-refractivity contribution in [3.05, 3.63) is 144 Å². The Kier molecular flexibility index (Phi) is 13.0. The second-order valence-electron chi connectivity index (χ2n) is 16.4. The number of halogens is 3. The molecule has 2 aliphatic heterocycles. The molecule has 2 saturated heterocycles. The highest BCUT2D eigenvalue weighted by atomic mass is 19.3. The number of likely N-dealkylation sites (N-methyl/N-ethyl adjacent to an activating group) is 2. The molecule has 0 unspecified atom stereocenters. The van der Waals surface area contributed by atoms with Gasteiger partial charge in [-0.1, -0.05) is 119 Å². The number of H-pyrrole nitrogens is 2. The van der Waals surface area contributed by atoms with Crippen LogP contribution in [0.1, 0.15) is 93.9 Å². The first kappa shape index (κ1) is 43.6. The monoisotopic (exact) mass is 856 g/mol. The van der Waals surface area contributed by atoms with Crippen LogP contribution in [0.4, 0.5) is 13.2 Å². The third-order valence-corrected chi connectivity index (χ3v) is 12.8. The number of imidazole rings is 2. The number of nitrogens with one attached hydrogen (secondary N) is 2. The molecule has 2 amide bonds. The molecule has 10 nitrogen and oxygen atoms in total. The van der Waals surface area contributed by atoms with E-state index in [4.69, 9.17) is 0 Å². The van der Waals surface area contributed by atoms with E-state index in [9.17, 15) is 9.59 Å². The van der Waals surface area contributed by atoms with Gasteiger partial charge in [0.1, 0.15) is 29.5 Å². The number of carbonyl (C=O) groups is 2. The second-order valence-corrected chi connectivity index (χ2v) is 16.4. The van der Waals surface area contributed by atoms with Crippen molar-refractivity contribution >= 4 is 11.8 Å². The van der Waals surface area contributed by atoms with Gasteiger partial charge in [0.25, 0.3) is 5.92 Å². The lowest BCUT2D eigenvalue weighted by atomic mass is 10.0. The van der Waals surface area contributed by atoms with Gasteiger partial charge in [-0.3, -0.25) is 19.4 Å². The first-order valence-corrected chi connectivity index (χ1v) is 22.1. The van der Waals surface area contributed by atoms with E-state index >= 15 is 13.2 Å². The number of aromatic amines is 2. The van der Waals surface area contributed by atoms with Crippen molar-refractivity contribution in [1.82, 2.24) is 39.5 Å². The predicted octanol–water partition coefficient (Wildman–Crippen LogP) is 10.0. The Morgan fingerprint density at radius 1 is 0.683 bits per heavy atom. The number of carbonyl (C=O) groups excluding carboxylic acids is 2. The SMILES string of the molecule is CCN(CC)[C@@H](C(=O)N1CC(F)(F)C[C@H]1c1ncc(-c2ccc(-c3ccc(-c4cnc([C@@H]5CCCN5C(=O)[C@@H](c5ccccc5)N(CC)CC)[nH]4)c(F)c3)cc2)[nH]1)c1ccccc1. The summed E-state index contributed by atoms with van der Waals surface area (Å²) >= 11 is 0. The van der Waals surface area contributed by atoms with Crippen LogP contribution >= 0.6 is 0 Å². The summed E-state index contributed by atoms with van der Waals surface area (Å²) < 4.78 is 46.2. The summed E-state index contributed by atoms with van der Waals surface area (Å²) in [6.07, 6.45) is 4.31. The minimum absolute atomic E-state index is 0.0418. The molecule has 2 aromatic heterocycles. The minimum atomic E-state index is -3.07. The van der Waals surface area contributed by atoms with Crippen LogP contribution in [0.5, 0.6) is 0 Å². The molecule has 63 heavy (non-hydrogen) atoms. The van der Waals surface area contributed by atoms with Gasteiger partial charge >= 0.3 is 0 Å². The molecule has 4 atom stereocenters. The topological polar surface area (TPSA) is 104 Å². The molecule has 8 rings (SSSR count). The van der Waals surface area contributed by atoms with Crippen LogP contribution in [-0.2, 0) is 9.59 Å². The fraction of sp³-hybridized carbons (Fsp3) is 0.360. The molecule has 2 aliphatic rings. The normalized spacial score (nSPS) is 18.4. The van der Waals surface area contributed by atoms with Gasteiger partial charge in [-0.2, -0.15) is 0 Å². The fourth-order valence-electron chi connectivity index (χ4n) is 9.44. The summed E-state index contributed by atoms with van der Waals surface area (Å²) in [6.45, 7) is 10.6. The molecule has 4 heterocycles. The number of amides is 2. The zero-order valence-corrected chi connectivity index (χ0v) is 36.3. The maximum absolute atomic E-state index is 15.9. The van der Waals surface area contributed by atoms with Crippen molar-refractivity contribution in [2.45, 2.75) is 77.0 Å². The van der Waals surface area contributed by atoms with Crippen molar-refractivity contribution in [2.24, 2.45) is 0 Å². The molecule has 13 heteroatoms. The number of nitrogens with zero attached hydrogens (tertiary/aromatic N) is 6. The summed E-state index contributed by atoms with van der Waals surface area (Å²) in [7, 11) is 0. The van der Waals surface area contributed by atoms with Gasteiger partial charge in [-0.25, -0.2) is 23.1 Å². The quantitative estimate of drug-likeness (QED) is 0.107. The zero-order valence-electron chi connectivity index (χ0n) is 36.3. The summed E-state index contributed by atoms with van der Waals surface area (Å²) in [5.74, 6) is -2.89. The molecular weight excluding hydrogens is 802 g/mol. The summed E-state index contributed by atoms with van der Waals surface area (Å²) in [5.41, 5.74) is 5.46. The number of hydrogen-bond donors (Lipinski definition) is 2. The molecule has 0 spiro atoms. The lowest BCUT2D eigenvalue weighted by molar-refractivity contribution is -0.140. The average molecular weight is 857 g/mol. The highest BCUT2D eigenvalue weighted by Gasteiger charge is 2.50. The number of rotatable bonds is 15. The molecular formula is C50H55F3N8O2. The Hall–Kier alpha value is -6.05. The highest BCUT2D eigenvalue weighted by Crippen LogP contribution is 2.43. The Morgan fingerprint density at radius 3 is 1.76 bits per heavy atom. The highest BCUT2D eigenvalue weighted by molar-refractivity contribution is 5.85. The van der Waals surface area contributed by atoms with Crippen LogP contribution in [-0.4, -0.2) is 96.5 Å². The standard InChI is InChI=1S/C50H55F3N8O2/c1-5-58(6-2)44(35-16-11-9-12-17-35)48(62)60-27-15-20-42(60)46-55-31-41(57-46)38-26-25-37(28-39(38)51)33-21-23-34(24-22-33)40-30-54-47(56-40)43-29-50(52,53)32-61(43)49(63)45(59(7-3)8-4)36-18-13-10-14-19-36/h9-14,16-19,21-26,28,30-31,42-45H,5-8,15,20,27,29,32H2,1-4H3,(H,54,56)(H,55,57)/t42-,43-,44+,45+/m0/s1. The first-order valence-electron chi connectivity index (χ1n) is 22.1. The number of alkyl halides is 2. The van der Waals surface area contributed by atoms with E-state index in [1.54, 1.807) is 18.5 Å². The largest absolute Gasteiger partial charge is 0.340 e. The van der Waals surface area contributed by atoms with Crippen LogP contribution in [0.3, 0.4) is 0 Å².